The minimum absolute atomic E-state index is 0.0151. The second-order valence-electron chi connectivity index (χ2n) is 8.26. The lowest BCUT2D eigenvalue weighted by Crippen LogP contribution is -2.46. The average molecular weight is 398 g/mol. The molecule has 0 spiro atoms. The van der Waals surface area contributed by atoms with Crippen molar-refractivity contribution in [1.29, 1.82) is 0 Å². The van der Waals surface area contributed by atoms with E-state index in [2.05, 4.69) is 24.1 Å². The molecule has 2 amide bonds. The number of rotatable bonds is 6. The molecule has 1 fully saturated rings. The summed E-state index contributed by atoms with van der Waals surface area (Å²) in [6, 6.07) is 9.84. The lowest BCUT2D eigenvalue weighted by atomic mass is 9.94. The molecule has 1 saturated heterocycles. The number of nitrogens with one attached hydrogen (secondary N) is 1. The number of piperidine rings is 1. The van der Waals surface area contributed by atoms with Gasteiger partial charge < -0.3 is 14.6 Å². The number of nitrogens with zero attached hydrogens (tertiary/aromatic N) is 2. The third-order valence-corrected chi connectivity index (χ3v) is 5.82. The van der Waals surface area contributed by atoms with E-state index >= 15 is 0 Å². The fraction of sp³-hybridized carbons (Fsp3) is 0.522. The summed E-state index contributed by atoms with van der Waals surface area (Å²) < 4.78 is 5.76. The van der Waals surface area contributed by atoms with Gasteiger partial charge in [-0.1, -0.05) is 32.0 Å². The van der Waals surface area contributed by atoms with Crippen molar-refractivity contribution >= 4 is 11.8 Å². The molecule has 29 heavy (non-hydrogen) atoms. The number of benzene rings is 1. The molecule has 156 valence electrons. The third-order valence-electron chi connectivity index (χ3n) is 5.82. The van der Waals surface area contributed by atoms with Crippen molar-refractivity contribution in [2.24, 2.45) is 11.8 Å². The van der Waals surface area contributed by atoms with Gasteiger partial charge in [-0.25, -0.2) is 4.98 Å². The first-order chi connectivity index (χ1) is 13.8. The van der Waals surface area contributed by atoms with Crippen molar-refractivity contribution in [3.63, 3.8) is 0 Å². The number of likely N-dealkylation sites (tertiary alicyclic amines) is 1. The molecule has 1 N–H and O–H groups in total. The van der Waals surface area contributed by atoms with Gasteiger partial charge >= 0.3 is 0 Å². The number of aromatic nitrogens is 1. The van der Waals surface area contributed by atoms with Gasteiger partial charge in [-0.2, -0.15) is 0 Å². The van der Waals surface area contributed by atoms with Crippen LogP contribution < -0.4 is 5.32 Å². The second-order valence-corrected chi connectivity index (χ2v) is 8.26. The molecular formula is C23H31N3O3. The molecule has 2 aromatic rings. The molecule has 0 saturated carbocycles. The highest BCUT2D eigenvalue weighted by Crippen LogP contribution is 2.23. The van der Waals surface area contributed by atoms with E-state index in [-0.39, 0.29) is 30.2 Å². The quantitative estimate of drug-likeness (QED) is 0.808. The maximum atomic E-state index is 12.8. The van der Waals surface area contributed by atoms with E-state index in [4.69, 9.17) is 4.42 Å². The van der Waals surface area contributed by atoms with Gasteiger partial charge in [-0.15, -0.1) is 0 Å². The Hall–Kier alpha value is -2.63. The number of hydrogen-bond acceptors (Lipinski definition) is 4. The van der Waals surface area contributed by atoms with Crippen molar-refractivity contribution in [3.05, 3.63) is 41.8 Å². The minimum atomic E-state index is -0.0151. The van der Waals surface area contributed by atoms with E-state index < -0.39 is 0 Å². The van der Waals surface area contributed by atoms with Crippen LogP contribution in [0, 0.1) is 18.8 Å². The molecule has 0 radical (unpaired) electrons. The van der Waals surface area contributed by atoms with E-state index in [0.29, 0.717) is 49.2 Å². The van der Waals surface area contributed by atoms with Crippen LogP contribution >= 0.6 is 0 Å². The van der Waals surface area contributed by atoms with Gasteiger partial charge in [-0.05, 0) is 44.7 Å². The predicted molar refractivity (Wildman–Crippen MR) is 112 cm³/mol. The molecule has 1 aliphatic rings. The first-order valence-corrected chi connectivity index (χ1v) is 10.4. The standard InChI is InChI=1S/C23H31N3O3/c1-15(2)16(3)24-22(28)18-10-12-26(13-11-18)21(27)14-20-17(4)29-23(25-20)19-8-6-5-7-9-19/h5-9,15-16,18H,10-14H2,1-4H3,(H,24,28). The number of carbonyl (C=O) groups is 2. The normalized spacial score (nSPS) is 16.1. The Balaban J connectivity index is 1.54. The van der Waals surface area contributed by atoms with Crippen LogP contribution in [0.2, 0.25) is 0 Å². The van der Waals surface area contributed by atoms with Crippen LogP contribution in [0.5, 0.6) is 0 Å². The maximum absolute atomic E-state index is 12.8. The molecule has 1 aliphatic heterocycles. The van der Waals surface area contributed by atoms with Crippen molar-refractivity contribution in [2.75, 3.05) is 13.1 Å². The fourth-order valence-corrected chi connectivity index (χ4v) is 3.45. The monoisotopic (exact) mass is 397 g/mol. The molecule has 3 rings (SSSR count). The molecule has 1 aromatic carbocycles. The van der Waals surface area contributed by atoms with Gasteiger partial charge in [0.2, 0.25) is 17.7 Å². The van der Waals surface area contributed by atoms with Crippen molar-refractivity contribution < 1.29 is 14.0 Å². The Morgan fingerprint density at radius 1 is 1.17 bits per heavy atom. The maximum Gasteiger partial charge on any atom is 0.228 e. The molecule has 1 aromatic heterocycles. The summed E-state index contributed by atoms with van der Waals surface area (Å²) in [6.45, 7) is 9.28. The summed E-state index contributed by atoms with van der Waals surface area (Å²) in [7, 11) is 0. The van der Waals surface area contributed by atoms with Gasteiger partial charge in [-0.3, -0.25) is 9.59 Å². The van der Waals surface area contributed by atoms with E-state index in [1.54, 1.807) is 0 Å². The Labute approximate surface area is 172 Å². The number of carbonyl (C=O) groups excluding carboxylic acids is 2. The van der Waals surface area contributed by atoms with Crippen LogP contribution in [0.3, 0.4) is 0 Å². The summed E-state index contributed by atoms with van der Waals surface area (Å²) in [5, 5.41) is 3.09. The molecular weight excluding hydrogens is 366 g/mol. The Morgan fingerprint density at radius 2 is 1.83 bits per heavy atom. The van der Waals surface area contributed by atoms with Crippen molar-refractivity contribution in [1.82, 2.24) is 15.2 Å². The summed E-state index contributed by atoms with van der Waals surface area (Å²) >= 11 is 0. The van der Waals surface area contributed by atoms with E-state index in [1.165, 1.54) is 0 Å². The topological polar surface area (TPSA) is 75.4 Å². The number of oxazole rings is 1. The molecule has 1 atom stereocenters. The molecule has 1 unspecified atom stereocenters. The Kier molecular flexibility index (Phi) is 6.72. The largest absolute Gasteiger partial charge is 0.441 e. The zero-order chi connectivity index (χ0) is 21.0. The molecule has 6 nitrogen and oxygen atoms in total. The van der Waals surface area contributed by atoms with Crippen LogP contribution in [0.25, 0.3) is 11.5 Å². The van der Waals surface area contributed by atoms with Gasteiger partial charge in [0.1, 0.15) is 5.76 Å². The average Bonchev–Trinajstić information content (AvgIpc) is 3.09. The van der Waals surface area contributed by atoms with Crippen LogP contribution in [-0.2, 0) is 16.0 Å². The van der Waals surface area contributed by atoms with E-state index in [9.17, 15) is 9.59 Å². The van der Waals surface area contributed by atoms with Gasteiger partial charge in [0.25, 0.3) is 0 Å². The lowest BCUT2D eigenvalue weighted by molar-refractivity contribution is -0.135. The van der Waals surface area contributed by atoms with Crippen molar-refractivity contribution in [3.8, 4) is 11.5 Å². The third kappa shape index (κ3) is 5.25. The smallest absolute Gasteiger partial charge is 0.228 e. The number of aryl methyl sites for hydroxylation is 1. The lowest BCUT2D eigenvalue weighted by Gasteiger charge is -2.32. The van der Waals surface area contributed by atoms with Crippen molar-refractivity contribution in [2.45, 2.75) is 53.0 Å². The predicted octanol–water partition coefficient (Wildman–Crippen LogP) is 3.59. The summed E-state index contributed by atoms with van der Waals surface area (Å²) in [5.41, 5.74) is 1.58. The zero-order valence-electron chi connectivity index (χ0n) is 17.8. The van der Waals surface area contributed by atoms with Crippen LogP contribution in [0.15, 0.2) is 34.7 Å². The van der Waals surface area contributed by atoms with E-state index in [1.807, 2.05) is 49.1 Å². The highest BCUT2D eigenvalue weighted by molar-refractivity contribution is 5.81. The first-order valence-electron chi connectivity index (χ1n) is 10.4. The Morgan fingerprint density at radius 3 is 2.45 bits per heavy atom. The Bertz CT molecular complexity index is 836. The molecule has 2 heterocycles. The van der Waals surface area contributed by atoms with Gasteiger partial charge in [0, 0.05) is 30.6 Å². The van der Waals surface area contributed by atoms with Crippen LogP contribution in [-0.4, -0.2) is 40.8 Å². The molecule has 0 aliphatic carbocycles. The summed E-state index contributed by atoms with van der Waals surface area (Å²) in [6.07, 6.45) is 1.63. The fourth-order valence-electron chi connectivity index (χ4n) is 3.45. The highest BCUT2D eigenvalue weighted by atomic mass is 16.4. The van der Waals surface area contributed by atoms with Gasteiger partial charge in [0.05, 0.1) is 12.1 Å². The van der Waals surface area contributed by atoms with E-state index in [0.717, 1.165) is 5.56 Å². The minimum Gasteiger partial charge on any atom is -0.441 e. The zero-order valence-corrected chi connectivity index (χ0v) is 17.8. The first kappa shape index (κ1) is 21.1. The SMILES string of the molecule is Cc1oc(-c2ccccc2)nc1CC(=O)N1CCC(C(=O)NC(C)C(C)C)CC1. The molecule has 6 heteroatoms. The van der Waals surface area contributed by atoms with Crippen LogP contribution in [0.1, 0.15) is 45.1 Å². The summed E-state index contributed by atoms with van der Waals surface area (Å²) in [4.78, 5) is 31.5. The highest BCUT2D eigenvalue weighted by Gasteiger charge is 2.29. The second kappa shape index (κ2) is 9.25. The van der Waals surface area contributed by atoms with Crippen LogP contribution in [0.4, 0.5) is 0 Å². The number of amides is 2. The number of hydrogen-bond donors (Lipinski definition) is 1. The molecule has 0 bridgehead atoms. The summed E-state index contributed by atoms with van der Waals surface area (Å²) in [5.74, 6) is 1.76. The van der Waals surface area contributed by atoms with Gasteiger partial charge in [0.15, 0.2) is 0 Å².